The molecule has 190 valence electrons. The Hall–Kier alpha value is -1.21. The van der Waals surface area contributed by atoms with Gasteiger partial charge in [0, 0.05) is 24.7 Å². The summed E-state index contributed by atoms with van der Waals surface area (Å²) in [5.74, 6) is 2.48. The number of ether oxygens (including phenoxy) is 1. The van der Waals surface area contributed by atoms with Gasteiger partial charge in [-0.15, -0.1) is 0 Å². The third kappa shape index (κ3) is 3.63. The Labute approximate surface area is 202 Å². The molecule has 6 rings (SSSR count). The molecule has 5 aliphatic rings. The Bertz CT molecular complexity index is 905. The van der Waals surface area contributed by atoms with Crippen LogP contribution in [0.5, 0.6) is 0 Å². The van der Waals surface area contributed by atoms with Crippen LogP contribution >= 0.6 is 0 Å². The molecule has 1 aromatic rings. The monoisotopic (exact) mass is 474 g/mol. The van der Waals surface area contributed by atoms with Crippen LogP contribution in [0.2, 0.25) is 0 Å². The van der Waals surface area contributed by atoms with Crippen LogP contribution < -0.4 is 5.63 Å². The van der Waals surface area contributed by atoms with E-state index in [2.05, 4.69) is 13.8 Å². The molecule has 1 aromatic heterocycles. The highest BCUT2D eigenvalue weighted by molar-refractivity contribution is 5.35. The van der Waals surface area contributed by atoms with E-state index in [1.165, 1.54) is 37.7 Å². The summed E-state index contributed by atoms with van der Waals surface area (Å²) in [6.45, 7) is 5.36. The van der Waals surface area contributed by atoms with Gasteiger partial charge in [0.2, 0.25) is 0 Å². The van der Waals surface area contributed by atoms with Crippen molar-refractivity contribution in [2.24, 2.45) is 28.6 Å². The Morgan fingerprint density at radius 2 is 1.74 bits per heavy atom. The van der Waals surface area contributed by atoms with Gasteiger partial charge in [0.1, 0.15) is 5.60 Å². The summed E-state index contributed by atoms with van der Waals surface area (Å²) >= 11 is 0. The van der Waals surface area contributed by atoms with E-state index in [-0.39, 0.29) is 36.0 Å². The van der Waals surface area contributed by atoms with Gasteiger partial charge in [-0.2, -0.15) is 0 Å². The predicted molar refractivity (Wildman–Crippen MR) is 128 cm³/mol. The highest BCUT2D eigenvalue weighted by Crippen LogP contribution is 2.77. The molecule has 4 saturated carbocycles. The SMILES string of the molecule is C[C@]12CC[C@H](O)C[C@H]1CC[C@@H]1[C@@H]2CC[C@]2(C)[C@@H](c3ccc(=O)oc3)C[C@H]3O[C@]132.OCCCCO. The molecule has 9 atom stereocenters. The molecular weight excluding hydrogens is 432 g/mol. The lowest BCUT2D eigenvalue weighted by Gasteiger charge is -2.61. The summed E-state index contributed by atoms with van der Waals surface area (Å²) in [5.41, 5.74) is 1.44. The number of rotatable bonds is 4. The largest absolute Gasteiger partial charge is 0.431 e. The van der Waals surface area contributed by atoms with Crippen molar-refractivity contribution in [1.29, 1.82) is 0 Å². The van der Waals surface area contributed by atoms with Crippen molar-refractivity contribution >= 4 is 0 Å². The van der Waals surface area contributed by atoms with Gasteiger partial charge in [-0.25, -0.2) is 4.79 Å². The number of aliphatic hydroxyl groups is 3. The topological polar surface area (TPSA) is 103 Å². The molecule has 1 spiro atoms. The quantitative estimate of drug-likeness (QED) is 0.450. The molecule has 0 radical (unpaired) electrons. The fraction of sp³-hybridized carbons (Fsp3) is 0.821. The third-order valence-electron chi connectivity index (χ3n) is 10.8. The van der Waals surface area contributed by atoms with Crippen LogP contribution in [-0.4, -0.2) is 46.3 Å². The first kappa shape index (κ1) is 24.5. The molecule has 34 heavy (non-hydrogen) atoms. The van der Waals surface area contributed by atoms with E-state index in [0.717, 1.165) is 38.0 Å². The van der Waals surface area contributed by atoms with Crippen molar-refractivity contribution in [2.75, 3.05) is 13.2 Å². The maximum atomic E-state index is 11.4. The van der Waals surface area contributed by atoms with Crippen molar-refractivity contribution in [2.45, 2.75) is 102 Å². The Morgan fingerprint density at radius 3 is 2.41 bits per heavy atom. The Balaban J connectivity index is 0.000000360. The Morgan fingerprint density at radius 1 is 0.971 bits per heavy atom. The molecule has 1 saturated heterocycles. The average Bonchev–Trinajstić information content (AvgIpc) is 3.49. The summed E-state index contributed by atoms with van der Waals surface area (Å²) in [4.78, 5) is 11.4. The van der Waals surface area contributed by atoms with Gasteiger partial charge in [-0.3, -0.25) is 0 Å². The van der Waals surface area contributed by atoms with E-state index >= 15 is 0 Å². The lowest BCUT2D eigenvalue weighted by molar-refractivity contribution is -0.139. The van der Waals surface area contributed by atoms with E-state index in [9.17, 15) is 9.90 Å². The van der Waals surface area contributed by atoms with Gasteiger partial charge in [0.15, 0.2) is 0 Å². The second-order valence-electron chi connectivity index (χ2n) is 12.1. The second kappa shape index (κ2) is 9.02. The molecule has 0 unspecified atom stereocenters. The van der Waals surface area contributed by atoms with Crippen LogP contribution in [-0.2, 0) is 4.74 Å². The maximum absolute atomic E-state index is 11.4. The molecule has 3 N–H and O–H groups in total. The van der Waals surface area contributed by atoms with Gasteiger partial charge < -0.3 is 24.5 Å². The molecule has 5 fully saturated rings. The number of epoxide rings is 1. The molecular formula is C28H42O6. The molecule has 1 aliphatic heterocycles. The fourth-order valence-electron chi connectivity index (χ4n) is 8.96. The van der Waals surface area contributed by atoms with E-state index in [1.807, 2.05) is 6.07 Å². The molecule has 0 bridgehead atoms. The van der Waals surface area contributed by atoms with Crippen molar-refractivity contribution in [3.8, 4) is 0 Å². The van der Waals surface area contributed by atoms with E-state index < -0.39 is 0 Å². The van der Waals surface area contributed by atoms with Gasteiger partial charge in [-0.1, -0.05) is 13.8 Å². The molecule has 2 heterocycles. The van der Waals surface area contributed by atoms with Crippen molar-refractivity contribution < 1.29 is 24.5 Å². The standard InChI is InChI=1S/C24H32O4.C4H10O2/c1-22-9-7-16(25)11-15(22)4-5-18-17(22)8-10-23(2)19(12-20-24(18,23)28-20)14-3-6-21(26)27-13-14;5-3-1-2-4-6/h3,6,13,15-20,25H,4-5,7-12H2,1-2H3;5-6H,1-4H2/t15-,16+,17+,18-,19-,20-,22+,23-,24-;/m1./s1. The highest BCUT2D eigenvalue weighted by atomic mass is 16.6. The Kier molecular flexibility index (Phi) is 6.50. The minimum atomic E-state index is -0.266. The van der Waals surface area contributed by atoms with E-state index in [0.29, 0.717) is 29.3 Å². The highest BCUT2D eigenvalue weighted by Gasteiger charge is 2.80. The summed E-state index contributed by atoms with van der Waals surface area (Å²) in [6, 6.07) is 3.55. The van der Waals surface area contributed by atoms with Crippen LogP contribution in [0.4, 0.5) is 0 Å². The predicted octanol–water partition coefficient (Wildman–Crippen LogP) is 4.01. The van der Waals surface area contributed by atoms with Gasteiger partial charge >= 0.3 is 5.63 Å². The maximum Gasteiger partial charge on any atom is 0.335 e. The number of fused-ring (bicyclic) bond motifs is 3. The molecule has 6 nitrogen and oxygen atoms in total. The third-order valence-corrected chi connectivity index (χ3v) is 10.8. The second-order valence-corrected chi connectivity index (χ2v) is 12.1. The molecule has 0 amide bonds. The lowest BCUT2D eigenvalue weighted by atomic mass is 9.44. The van der Waals surface area contributed by atoms with Crippen LogP contribution in [0.3, 0.4) is 0 Å². The average molecular weight is 475 g/mol. The first-order chi connectivity index (χ1) is 16.3. The number of aliphatic hydroxyl groups excluding tert-OH is 3. The summed E-state index contributed by atoms with van der Waals surface area (Å²) < 4.78 is 11.8. The molecule has 4 aliphatic carbocycles. The van der Waals surface area contributed by atoms with Crippen molar-refractivity contribution in [3.63, 3.8) is 0 Å². The van der Waals surface area contributed by atoms with Crippen LogP contribution in [0, 0.1) is 28.6 Å². The van der Waals surface area contributed by atoms with Crippen molar-refractivity contribution in [3.05, 3.63) is 34.4 Å². The van der Waals surface area contributed by atoms with Crippen LogP contribution in [0.25, 0.3) is 0 Å². The summed E-state index contributed by atoms with van der Waals surface area (Å²) in [6.07, 6.45) is 12.6. The van der Waals surface area contributed by atoms with Crippen LogP contribution in [0.15, 0.2) is 27.6 Å². The minimum Gasteiger partial charge on any atom is -0.431 e. The van der Waals surface area contributed by atoms with E-state index in [4.69, 9.17) is 19.4 Å². The van der Waals surface area contributed by atoms with Gasteiger partial charge in [-0.05, 0) is 105 Å². The van der Waals surface area contributed by atoms with Gasteiger partial charge in [0.25, 0.3) is 0 Å². The zero-order chi connectivity index (χ0) is 24.1. The van der Waals surface area contributed by atoms with Crippen LogP contribution in [0.1, 0.15) is 89.5 Å². The number of hydrogen-bond acceptors (Lipinski definition) is 6. The molecule has 0 aromatic carbocycles. The molecule has 6 heteroatoms. The summed E-state index contributed by atoms with van der Waals surface area (Å²) in [7, 11) is 0. The number of unbranched alkanes of at least 4 members (excludes halogenated alkanes) is 1. The normalized spacial score (nSPS) is 46.3. The van der Waals surface area contributed by atoms with Crippen molar-refractivity contribution in [1.82, 2.24) is 0 Å². The first-order valence-corrected chi connectivity index (χ1v) is 13.5. The van der Waals surface area contributed by atoms with E-state index in [1.54, 1.807) is 12.3 Å². The zero-order valence-corrected chi connectivity index (χ0v) is 20.7. The zero-order valence-electron chi connectivity index (χ0n) is 20.7. The van der Waals surface area contributed by atoms with Gasteiger partial charge in [0.05, 0.1) is 18.5 Å². The minimum absolute atomic E-state index is 0.0285. The smallest absolute Gasteiger partial charge is 0.335 e. The summed E-state index contributed by atoms with van der Waals surface area (Å²) in [5, 5.41) is 26.4. The fourth-order valence-corrected chi connectivity index (χ4v) is 8.96. The number of hydrogen-bond donors (Lipinski definition) is 3. The first-order valence-electron chi connectivity index (χ1n) is 13.5. The lowest BCUT2D eigenvalue weighted by Crippen LogP contribution is -2.58.